The third-order valence-electron chi connectivity index (χ3n) is 1.71. The zero-order chi connectivity index (χ0) is 8.55. The Hall–Kier alpha value is -1.58. The number of carbonyl (C=O) groups is 1. The van der Waals surface area contributed by atoms with Crippen LogP contribution in [0, 0.1) is 0 Å². The molecule has 0 bridgehead atoms. The summed E-state index contributed by atoms with van der Waals surface area (Å²) in [5.41, 5.74) is 0.820. The molecule has 2 rings (SSSR count). The van der Waals surface area contributed by atoms with Gasteiger partial charge < -0.3 is 0 Å². The van der Waals surface area contributed by atoms with Gasteiger partial charge in [0, 0.05) is 0 Å². The SMILES string of the molecule is O=C(O)c1boc2ccccc12. The van der Waals surface area contributed by atoms with Gasteiger partial charge in [0.05, 0.1) is 0 Å². The van der Waals surface area contributed by atoms with E-state index in [1.807, 2.05) is 0 Å². The number of aromatic carboxylic acids is 1. The zero-order valence-corrected chi connectivity index (χ0v) is 6.15. The van der Waals surface area contributed by atoms with E-state index in [4.69, 9.17) is 9.44 Å². The topological polar surface area (TPSA) is 50.4 Å². The molecule has 12 heavy (non-hydrogen) atoms. The molecule has 0 fully saturated rings. The predicted octanol–water partition coefficient (Wildman–Crippen LogP) is 1.47. The number of fused-ring (bicyclic) bond motifs is 1. The van der Waals surface area contributed by atoms with Crippen LogP contribution in [0.5, 0.6) is 0 Å². The van der Waals surface area contributed by atoms with Gasteiger partial charge in [-0.2, -0.15) is 0 Å². The Labute approximate surface area is 68.9 Å². The van der Waals surface area contributed by atoms with Gasteiger partial charge in [0.1, 0.15) is 0 Å². The van der Waals surface area contributed by atoms with Gasteiger partial charge in [-0.3, -0.25) is 0 Å². The fourth-order valence-electron chi connectivity index (χ4n) is 1.14. The van der Waals surface area contributed by atoms with Crippen molar-refractivity contribution < 1.29 is 14.2 Å². The molecule has 0 aliphatic carbocycles. The molecule has 0 saturated carbocycles. The van der Waals surface area contributed by atoms with Crippen LogP contribution < -0.4 is 0 Å². The fraction of sp³-hybridized carbons (Fsp3) is 0. The molecule has 0 amide bonds. The summed E-state index contributed by atoms with van der Waals surface area (Å²) in [6, 6.07) is 7.05. The summed E-state index contributed by atoms with van der Waals surface area (Å²) in [5, 5.41) is 9.36. The van der Waals surface area contributed by atoms with Crippen molar-refractivity contribution >= 4 is 24.1 Å². The molecule has 1 N–H and O–H groups in total. The van der Waals surface area contributed by atoms with Crippen LogP contribution in [0.4, 0.5) is 0 Å². The monoisotopic (exact) mass is 160 g/mol. The molecule has 4 heteroatoms. The van der Waals surface area contributed by atoms with Crippen LogP contribution >= 0.6 is 0 Å². The molecular formula is C8H5BO3. The van der Waals surface area contributed by atoms with Crippen LogP contribution in [0.25, 0.3) is 11.0 Å². The van der Waals surface area contributed by atoms with E-state index in [0.717, 1.165) is 0 Å². The summed E-state index contributed by atoms with van der Waals surface area (Å²) in [5.74, 6) is -0.958. The Balaban J connectivity index is 2.79. The number of rotatable bonds is 1. The van der Waals surface area contributed by atoms with Crippen molar-refractivity contribution in [1.29, 1.82) is 0 Å². The molecule has 0 saturated heterocycles. The first kappa shape index (κ1) is 7.09. The minimum atomic E-state index is -0.958. The Morgan fingerprint density at radius 2 is 2.17 bits per heavy atom. The van der Waals surface area contributed by atoms with Gasteiger partial charge in [-0.05, 0) is 0 Å². The molecule has 2 aromatic rings. The summed E-state index contributed by atoms with van der Waals surface area (Å²) >= 11 is 0. The van der Waals surface area contributed by atoms with E-state index in [1.54, 1.807) is 24.3 Å². The molecule has 0 aliphatic heterocycles. The number of hydrogen-bond donors (Lipinski definition) is 1. The van der Waals surface area contributed by atoms with Gasteiger partial charge in [-0.1, -0.05) is 0 Å². The first-order valence-corrected chi connectivity index (χ1v) is 3.48. The van der Waals surface area contributed by atoms with Crippen molar-refractivity contribution in [1.82, 2.24) is 0 Å². The van der Waals surface area contributed by atoms with Crippen molar-refractivity contribution in [2.24, 2.45) is 0 Å². The van der Waals surface area contributed by atoms with E-state index < -0.39 is 5.97 Å². The number of carboxylic acids is 1. The van der Waals surface area contributed by atoms with Gasteiger partial charge in [-0.25, -0.2) is 0 Å². The molecule has 3 nitrogen and oxygen atoms in total. The van der Waals surface area contributed by atoms with Crippen LogP contribution in [0.2, 0.25) is 0 Å². The third-order valence-corrected chi connectivity index (χ3v) is 1.71. The minimum absolute atomic E-state index is 0.214. The van der Waals surface area contributed by atoms with E-state index >= 15 is 0 Å². The van der Waals surface area contributed by atoms with Gasteiger partial charge >= 0.3 is 68.0 Å². The predicted molar refractivity (Wildman–Crippen MR) is 44.5 cm³/mol. The fourth-order valence-corrected chi connectivity index (χ4v) is 1.14. The Morgan fingerprint density at radius 3 is 2.92 bits per heavy atom. The maximum absolute atomic E-state index is 10.6. The quantitative estimate of drug-likeness (QED) is 0.686. The van der Waals surface area contributed by atoms with Crippen molar-refractivity contribution in [3.8, 4) is 0 Å². The standard InChI is InChI=1S/C8H5BO3/c10-8(11)7-5-3-1-2-4-6(5)12-9-7/h1-4H,(H,10,11). The number of hydrogen-bond acceptors (Lipinski definition) is 2. The van der Waals surface area contributed by atoms with Gasteiger partial charge in [0.2, 0.25) is 0 Å². The van der Waals surface area contributed by atoms with Crippen LogP contribution in [0.3, 0.4) is 0 Å². The van der Waals surface area contributed by atoms with Crippen molar-refractivity contribution in [2.75, 3.05) is 0 Å². The van der Waals surface area contributed by atoms with E-state index in [-0.39, 0.29) is 5.46 Å². The van der Waals surface area contributed by atoms with Crippen LogP contribution in [-0.2, 0) is 0 Å². The van der Waals surface area contributed by atoms with E-state index in [1.165, 1.54) is 7.13 Å². The molecule has 58 valence electrons. The Kier molecular flexibility index (Phi) is 1.47. The van der Waals surface area contributed by atoms with Crippen LogP contribution in [-0.4, -0.2) is 18.2 Å². The number of benzene rings is 1. The van der Waals surface area contributed by atoms with E-state index in [0.29, 0.717) is 11.0 Å². The molecule has 0 aliphatic rings. The van der Waals surface area contributed by atoms with Crippen LogP contribution in [0.1, 0.15) is 10.3 Å². The van der Waals surface area contributed by atoms with Crippen LogP contribution in [0.15, 0.2) is 28.6 Å². The van der Waals surface area contributed by atoms with Crippen molar-refractivity contribution in [3.05, 3.63) is 29.7 Å². The van der Waals surface area contributed by atoms with E-state index in [2.05, 4.69) is 0 Å². The summed E-state index contributed by atoms with van der Waals surface area (Å²) < 4.78 is 5.03. The first-order valence-electron chi connectivity index (χ1n) is 3.48. The van der Waals surface area contributed by atoms with Crippen molar-refractivity contribution in [3.63, 3.8) is 0 Å². The summed E-state index contributed by atoms with van der Waals surface area (Å²) in [4.78, 5) is 10.6. The summed E-state index contributed by atoms with van der Waals surface area (Å²) in [7, 11) is 1.26. The number of para-hydroxylation sites is 1. The second kappa shape index (κ2) is 2.48. The second-order valence-corrected chi connectivity index (χ2v) is 2.45. The Bertz CT molecular complexity index is 433. The summed E-state index contributed by atoms with van der Waals surface area (Å²) in [6.07, 6.45) is 0. The average Bonchev–Trinajstić information content (AvgIpc) is 2.47. The molecule has 0 unspecified atom stereocenters. The molecule has 1 heterocycles. The second-order valence-electron chi connectivity index (χ2n) is 2.45. The zero-order valence-electron chi connectivity index (χ0n) is 6.15. The maximum atomic E-state index is 10.6. The normalized spacial score (nSPS) is 10.0. The molecule has 1 aromatic carbocycles. The average molecular weight is 160 g/mol. The van der Waals surface area contributed by atoms with Gasteiger partial charge in [-0.15, -0.1) is 0 Å². The molecule has 0 spiro atoms. The Morgan fingerprint density at radius 1 is 1.42 bits per heavy atom. The first-order chi connectivity index (χ1) is 5.79. The molecule has 1 aromatic heterocycles. The molecule has 0 atom stereocenters. The van der Waals surface area contributed by atoms with Gasteiger partial charge in [0.15, 0.2) is 0 Å². The van der Waals surface area contributed by atoms with Gasteiger partial charge in [0.25, 0.3) is 0 Å². The number of carboxylic acid groups (broad SMARTS) is 1. The molecule has 0 radical (unpaired) electrons. The van der Waals surface area contributed by atoms with E-state index in [9.17, 15) is 4.79 Å². The third kappa shape index (κ3) is 0.924. The molecular weight excluding hydrogens is 155 g/mol. The summed E-state index contributed by atoms with van der Waals surface area (Å²) in [6.45, 7) is 0. The van der Waals surface area contributed by atoms with Crippen molar-refractivity contribution in [2.45, 2.75) is 0 Å².